The Bertz CT molecular complexity index is 611. The van der Waals surface area contributed by atoms with Crippen LogP contribution in [-0.4, -0.2) is 20.2 Å². The highest BCUT2D eigenvalue weighted by Gasteiger charge is 2.10. The Kier molecular flexibility index (Phi) is 4.63. The lowest BCUT2D eigenvalue weighted by molar-refractivity contribution is 0.0600. The fourth-order valence-electron chi connectivity index (χ4n) is 1.60. The monoisotopic (exact) mass is 292 g/mol. The van der Waals surface area contributed by atoms with Gasteiger partial charge in [-0.2, -0.15) is 0 Å². The highest BCUT2D eigenvalue weighted by atomic mass is 32.2. The van der Waals surface area contributed by atoms with Crippen LogP contribution in [0.1, 0.15) is 10.4 Å². The van der Waals surface area contributed by atoms with E-state index in [-0.39, 0.29) is 5.56 Å². The van der Waals surface area contributed by atoms with Gasteiger partial charge >= 0.3 is 5.97 Å². The standard InChI is InChI=1S/C15H13FO3S/c1-18-11-4-6-12(7-5-11)20-14-8-3-10(9-13(14)16)15(17)19-2/h3-9H,1-2H3. The molecule has 0 aliphatic rings. The number of halogens is 1. The quantitative estimate of drug-likeness (QED) is 0.804. The summed E-state index contributed by atoms with van der Waals surface area (Å²) in [6.45, 7) is 0. The van der Waals surface area contributed by atoms with Crippen LogP contribution >= 0.6 is 11.8 Å². The first-order valence-corrected chi connectivity index (χ1v) is 6.65. The molecule has 5 heteroatoms. The van der Waals surface area contributed by atoms with E-state index < -0.39 is 11.8 Å². The highest BCUT2D eigenvalue weighted by molar-refractivity contribution is 7.99. The molecule has 2 rings (SSSR count). The van der Waals surface area contributed by atoms with Crippen molar-refractivity contribution in [2.24, 2.45) is 0 Å². The van der Waals surface area contributed by atoms with E-state index in [0.717, 1.165) is 10.6 Å². The van der Waals surface area contributed by atoms with Gasteiger partial charge in [0, 0.05) is 9.79 Å². The Morgan fingerprint density at radius 3 is 2.35 bits per heavy atom. The summed E-state index contributed by atoms with van der Waals surface area (Å²) >= 11 is 1.28. The second-order valence-electron chi connectivity index (χ2n) is 3.91. The number of benzene rings is 2. The van der Waals surface area contributed by atoms with Crippen LogP contribution in [0.4, 0.5) is 4.39 Å². The zero-order chi connectivity index (χ0) is 14.5. The van der Waals surface area contributed by atoms with Gasteiger partial charge in [-0.1, -0.05) is 11.8 Å². The molecule has 3 nitrogen and oxygen atoms in total. The molecule has 0 atom stereocenters. The minimum absolute atomic E-state index is 0.198. The second-order valence-corrected chi connectivity index (χ2v) is 5.03. The molecule has 0 aromatic heterocycles. The number of hydrogen-bond acceptors (Lipinski definition) is 4. The lowest BCUT2D eigenvalue weighted by Crippen LogP contribution is -2.01. The number of carbonyl (C=O) groups is 1. The molecule has 0 N–H and O–H groups in total. The lowest BCUT2D eigenvalue weighted by Gasteiger charge is -2.06. The number of methoxy groups -OCH3 is 2. The number of ether oxygens (including phenoxy) is 2. The maximum atomic E-state index is 13.9. The van der Waals surface area contributed by atoms with Gasteiger partial charge in [0.1, 0.15) is 11.6 Å². The van der Waals surface area contributed by atoms with Crippen molar-refractivity contribution in [1.29, 1.82) is 0 Å². The first-order chi connectivity index (χ1) is 9.63. The van der Waals surface area contributed by atoms with Gasteiger partial charge in [-0.25, -0.2) is 9.18 Å². The van der Waals surface area contributed by atoms with Crippen LogP contribution < -0.4 is 4.74 Å². The van der Waals surface area contributed by atoms with Crippen molar-refractivity contribution in [2.45, 2.75) is 9.79 Å². The highest BCUT2D eigenvalue weighted by Crippen LogP contribution is 2.31. The molecule has 20 heavy (non-hydrogen) atoms. The van der Waals surface area contributed by atoms with Crippen LogP contribution in [0.2, 0.25) is 0 Å². The van der Waals surface area contributed by atoms with Crippen molar-refractivity contribution in [3.8, 4) is 5.75 Å². The van der Waals surface area contributed by atoms with Crippen molar-refractivity contribution in [1.82, 2.24) is 0 Å². The van der Waals surface area contributed by atoms with Gasteiger partial charge in [0.05, 0.1) is 19.8 Å². The Balaban J connectivity index is 2.18. The molecule has 0 aliphatic heterocycles. The van der Waals surface area contributed by atoms with Crippen LogP contribution in [0.3, 0.4) is 0 Å². The zero-order valence-corrected chi connectivity index (χ0v) is 11.9. The van der Waals surface area contributed by atoms with Gasteiger partial charge in [0.2, 0.25) is 0 Å². The molecule has 0 fully saturated rings. The van der Waals surface area contributed by atoms with Gasteiger partial charge in [-0.3, -0.25) is 0 Å². The molecule has 0 amide bonds. The zero-order valence-electron chi connectivity index (χ0n) is 11.1. The predicted octanol–water partition coefficient (Wildman–Crippen LogP) is 3.77. The maximum absolute atomic E-state index is 13.9. The molecule has 0 radical (unpaired) electrons. The molecule has 0 heterocycles. The van der Waals surface area contributed by atoms with Crippen molar-refractivity contribution in [3.63, 3.8) is 0 Å². The normalized spacial score (nSPS) is 10.2. The van der Waals surface area contributed by atoms with Crippen molar-refractivity contribution >= 4 is 17.7 Å². The van der Waals surface area contributed by atoms with Crippen LogP contribution in [-0.2, 0) is 4.74 Å². The van der Waals surface area contributed by atoms with Gasteiger partial charge < -0.3 is 9.47 Å². The van der Waals surface area contributed by atoms with Crippen LogP contribution in [0.15, 0.2) is 52.3 Å². The number of carbonyl (C=O) groups excluding carboxylic acids is 1. The molecule has 0 spiro atoms. The molecule has 0 saturated heterocycles. The van der Waals surface area contributed by atoms with Gasteiger partial charge in [-0.05, 0) is 42.5 Å². The molecule has 2 aromatic carbocycles. The third-order valence-electron chi connectivity index (χ3n) is 2.64. The summed E-state index contributed by atoms with van der Waals surface area (Å²) in [6, 6.07) is 11.6. The van der Waals surface area contributed by atoms with Crippen molar-refractivity contribution in [3.05, 3.63) is 53.8 Å². The van der Waals surface area contributed by atoms with E-state index >= 15 is 0 Å². The molecular formula is C15H13FO3S. The third-order valence-corrected chi connectivity index (χ3v) is 3.70. The molecule has 0 bridgehead atoms. The average Bonchev–Trinajstić information content (AvgIpc) is 2.49. The summed E-state index contributed by atoms with van der Waals surface area (Å²) in [4.78, 5) is 12.6. The van der Waals surface area contributed by atoms with Crippen molar-refractivity contribution in [2.75, 3.05) is 14.2 Å². The second kappa shape index (κ2) is 6.43. The largest absolute Gasteiger partial charge is 0.497 e. The number of rotatable bonds is 4. The topological polar surface area (TPSA) is 35.5 Å². The average molecular weight is 292 g/mol. The lowest BCUT2D eigenvalue weighted by atomic mass is 10.2. The van der Waals surface area contributed by atoms with E-state index in [2.05, 4.69) is 4.74 Å². The minimum Gasteiger partial charge on any atom is -0.497 e. The minimum atomic E-state index is -0.551. The first-order valence-electron chi connectivity index (χ1n) is 5.84. The van der Waals surface area contributed by atoms with Crippen molar-refractivity contribution < 1.29 is 18.7 Å². The number of esters is 1. The van der Waals surface area contributed by atoms with Gasteiger partial charge in [-0.15, -0.1) is 0 Å². The summed E-state index contributed by atoms with van der Waals surface area (Å²) < 4.78 is 23.5. The summed E-state index contributed by atoms with van der Waals surface area (Å²) in [6.07, 6.45) is 0. The van der Waals surface area contributed by atoms with E-state index in [0.29, 0.717) is 4.90 Å². The van der Waals surface area contributed by atoms with E-state index in [1.54, 1.807) is 19.2 Å². The Hall–Kier alpha value is -2.01. The molecular weight excluding hydrogens is 279 g/mol. The Morgan fingerprint density at radius 1 is 1.10 bits per heavy atom. The molecule has 0 unspecified atom stereocenters. The predicted molar refractivity (Wildman–Crippen MR) is 74.9 cm³/mol. The van der Waals surface area contributed by atoms with Crippen LogP contribution in [0, 0.1) is 5.82 Å². The van der Waals surface area contributed by atoms with E-state index in [1.807, 2.05) is 24.3 Å². The summed E-state index contributed by atoms with van der Waals surface area (Å²) in [7, 11) is 2.85. The molecule has 2 aromatic rings. The first kappa shape index (κ1) is 14.4. The van der Waals surface area contributed by atoms with E-state index in [9.17, 15) is 9.18 Å². The van der Waals surface area contributed by atoms with E-state index in [1.165, 1.54) is 24.9 Å². The molecule has 104 valence electrons. The summed E-state index contributed by atoms with van der Waals surface area (Å²) in [5, 5.41) is 0. The van der Waals surface area contributed by atoms with Gasteiger partial charge in [0.25, 0.3) is 0 Å². The molecule has 0 aliphatic carbocycles. The summed E-state index contributed by atoms with van der Waals surface area (Å²) in [5.74, 6) is -0.255. The van der Waals surface area contributed by atoms with Gasteiger partial charge in [0.15, 0.2) is 0 Å². The van der Waals surface area contributed by atoms with Crippen LogP contribution in [0.25, 0.3) is 0 Å². The fourth-order valence-corrected chi connectivity index (χ4v) is 2.42. The smallest absolute Gasteiger partial charge is 0.337 e. The van der Waals surface area contributed by atoms with E-state index in [4.69, 9.17) is 4.74 Å². The maximum Gasteiger partial charge on any atom is 0.337 e. The number of hydrogen-bond donors (Lipinski definition) is 0. The third kappa shape index (κ3) is 3.30. The Labute approximate surface area is 120 Å². The molecule has 0 saturated carbocycles. The fraction of sp³-hybridized carbons (Fsp3) is 0.133. The summed E-state index contributed by atoms with van der Waals surface area (Å²) in [5.41, 5.74) is 0.198. The Morgan fingerprint density at radius 2 is 1.80 bits per heavy atom. The SMILES string of the molecule is COC(=O)c1ccc(Sc2ccc(OC)cc2)c(F)c1. The van der Waals surface area contributed by atoms with Crippen LogP contribution in [0.5, 0.6) is 5.75 Å².